The Kier molecular flexibility index (Phi) is 4.98. The van der Waals surface area contributed by atoms with Crippen molar-refractivity contribution in [2.24, 2.45) is 5.92 Å². The second-order valence-electron chi connectivity index (χ2n) is 6.59. The summed E-state index contributed by atoms with van der Waals surface area (Å²) < 4.78 is 15.7. The van der Waals surface area contributed by atoms with Gasteiger partial charge in [0, 0.05) is 18.2 Å². The standard InChI is InChI=1S/C17H22N2O6/c1-10(2)8-23-17(22)19-7-12(20)6-13(19)16(21)18-11-3-4-14-15(5-11)25-9-24-14/h3-5,10,12-13,20H,6-9H2,1-2H3,(H,18,21)/t12-,13-/m1/s1. The van der Waals surface area contributed by atoms with Crippen LogP contribution in [-0.2, 0) is 9.53 Å². The third kappa shape index (κ3) is 3.96. The van der Waals surface area contributed by atoms with Crippen molar-refractivity contribution in [3.05, 3.63) is 18.2 Å². The van der Waals surface area contributed by atoms with Crippen molar-refractivity contribution < 1.29 is 28.9 Å². The molecule has 0 aliphatic carbocycles. The van der Waals surface area contributed by atoms with E-state index >= 15 is 0 Å². The summed E-state index contributed by atoms with van der Waals surface area (Å²) in [5.41, 5.74) is 0.533. The molecule has 1 fully saturated rings. The molecule has 0 aromatic heterocycles. The number of benzene rings is 1. The van der Waals surface area contributed by atoms with Crippen LogP contribution < -0.4 is 14.8 Å². The van der Waals surface area contributed by atoms with E-state index in [1.807, 2.05) is 13.8 Å². The van der Waals surface area contributed by atoms with Crippen molar-refractivity contribution in [2.75, 3.05) is 25.3 Å². The fraction of sp³-hybridized carbons (Fsp3) is 0.529. The molecule has 1 aromatic rings. The second-order valence-corrected chi connectivity index (χ2v) is 6.59. The average Bonchev–Trinajstić information content (AvgIpc) is 3.18. The Hall–Kier alpha value is -2.48. The molecule has 2 atom stereocenters. The highest BCUT2D eigenvalue weighted by Gasteiger charge is 2.40. The zero-order valence-electron chi connectivity index (χ0n) is 14.2. The van der Waals surface area contributed by atoms with E-state index in [4.69, 9.17) is 14.2 Å². The van der Waals surface area contributed by atoms with E-state index in [0.717, 1.165) is 0 Å². The number of aliphatic hydroxyl groups excluding tert-OH is 1. The number of fused-ring (bicyclic) bond motifs is 1. The van der Waals surface area contributed by atoms with Crippen LogP contribution in [0.2, 0.25) is 0 Å². The first-order valence-electron chi connectivity index (χ1n) is 8.26. The molecule has 2 heterocycles. The fourth-order valence-electron chi connectivity index (χ4n) is 2.78. The Morgan fingerprint density at radius 1 is 1.36 bits per heavy atom. The Labute approximate surface area is 145 Å². The highest BCUT2D eigenvalue weighted by molar-refractivity contribution is 5.97. The highest BCUT2D eigenvalue weighted by atomic mass is 16.7. The first kappa shape index (κ1) is 17.3. The molecule has 0 bridgehead atoms. The third-order valence-electron chi connectivity index (χ3n) is 4.00. The number of carbonyl (C=O) groups is 2. The van der Waals surface area contributed by atoms with E-state index in [-0.39, 0.29) is 38.2 Å². The molecule has 2 aliphatic rings. The molecular weight excluding hydrogens is 328 g/mol. The molecule has 8 nitrogen and oxygen atoms in total. The van der Waals surface area contributed by atoms with Gasteiger partial charge in [-0.3, -0.25) is 9.69 Å². The maximum absolute atomic E-state index is 12.6. The average molecular weight is 350 g/mol. The van der Waals surface area contributed by atoms with Crippen LogP contribution in [0.4, 0.5) is 10.5 Å². The normalized spacial score (nSPS) is 21.5. The lowest BCUT2D eigenvalue weighted by atomic mass is 10.2. The molecule has 3 rings (SSSR count). The minimum absolute atomic E-state index is 0.0795. The Balaban J connectivity index is 1.66. The zero-order valence-corrected chi connectivity index (χ0v) is 14.2. The number of aliphatic hydroxyl groups is 1. The molecule has 2 aliphatic heterocycles. The van der Waals surface area contributed by atoms with Gasteiger partial charge in [-0.15, -0.1) is 0 Å². The summed E-state index contributed by atoms with van der Waals surface area (Å²) in [4.78, 5) is 26.0. The number of hydrogen-bond acceptors (Lipinski definition) is 6. The summed E-state index contributed by atoms with van der Waals surface area (Å²) >= 11 is 0. The molecule has 0 radical (unpaired) electrons. The zero-order chi connectivity index (χ0) is 18.0. The molecule has 2 N–H and O–H groups in total. The minimum Gasteiger partial charge on any atom is -0.454 e. The Bertz CT molecular complexity index is 663. The van der Waals surface area contributed by atoms with E-state index in [2.05, 4.69) is 5.32 Å². The molecule has 0 spiro atoms. The maximum Gasteiger partial charge on any atom is 0.410 e. The molecule has 1 aromatic carbocycles. The van der Waals surface area contributed by atoms with Gasteiger partial charge < -0.3 is 24.6 Å². The molecule has 0 unspecified atom stereocenters. The van der Waals surface area contributed by atoms with E-state index in [9.17, 15) is 14.7 Å². The lowest BCUT2D eigenvalue weighted by Crippen LogP contribution is -2.43. The first-order chi connectivity index (χ1) is 11.9. The van der Waals surface area contributed by atoms with Crippen LogP contribution in [0.1, 0.15) is 20.3 Å². The van der Waals surface area contributed by atoms with Gasteiger partial charge in [-0.25, -0.2) is 4.79 Å². The molecule has 1 saturated heterocycles. The number of β-amino-alcohol motifs (C(OH)–C–C–N with tert-alkyl or cyclic N) is 1. The van der Waals surface area contributed by atoms with E-state index < -0.39 is 18.2 Å². The van der Waals surface area contributed by atoms with Crippen molar-refractivity contribution in [3.8, 4) is 11.5 Å². The van der Waals surface area contributed by atoms with Crippen molar-refractivity contribution in [1.82, 2.24) is 4.90 Å². The molecule has 0 saturated carbocycles. The van der Waals surface area contributed by atoms with E-state index in [0.29, 0.717) is 17.2 Å². The summed E-state index contributed by atoms with van der Waals surface area (Å²) in [5.74, 6) is 0.986. The molecular formula is C17H22N2O6. The number of nitrogens with one attached hydrogen (secondary N) is 1. The molecule has 8 heteroatoms. The summed E-state index contributed by atoms with van der Waals surface area (Å²) in [6.45, 7) is 4.35. The molecule has 136 valence electrons. The number of amides is 2. The lowest BCUT2D eigenvalue weighted by molar-refractivity contribution is -0.120. The number of carbonyl (C=O) groups excluding carboxylic acids is 2. The Morgan fingerprint density at radius 2 is 2.12 bits per heavy atom. The number of rotatable bonds is 4. The van der Waals surface area contributed by atoms with Crippen LogP contribution in [0.3, 0.4) is 0 Å². The minimum atomic E-state index is -0.778. The van der Waals surface area contributed by atoms with Crippen LogP contribution >= 0.6 is 0 Å². The van der Waals surface area contributed by atoms with Crippen LogP contribution in [0.5, 0.6) is 11.5 Å². The highest BCUT2D eigenvalue weighted by Crippen LogP contribution is 2.34. The summed E-state index contributed by atoms with van der Waals surface area (Å²) in [6, 6.07) is 4.28. The lowest BCUT2D eigenvalue weighted by Gasteiger charge is -2.23. The number of ether oxygens (including phenoxy) is 3. The number of hydrogen-bond donors (Lipinski definition) is 2. The van der Waals surface area contributed by atoms with Crippen LogP contribution in [0, 0.1) is 5.92 Å². The summed E-state index contributed by atoms with van der Waals surface area (Å²) in [7, 11) is 0. The van der Waals surface area contributed by atoms with Crippen molar-refractivity contribution in [2.45, 2.75) is 32.4 Å². The van der Waals surface area contributed by atoms with Gasteiger partial charge in [-0.1, -0.05) is 13.8 Å². The number of nitrogens with zero attached hydrogens (tertiary/aromatic N) is 1. The van der Waals surface area contributed by atoms with E-state index in [1.54, 1.807) is 18.2 Å². The van der Waals surface area contributed by atoms with Crippen molar-refractivity contribution in [1.29, 1.82) is 0 Å². The summed E-state index contributed by atoms with van der Waals surface area (Å²) in [5, 5.41) is 12.6. The van der Waals surface area contributed by atoms with Gasteiger partial charge in [0.15, 0.2) is 11.5 Å². The van der Waals surface area contributed by atoms with Gasteiger partial charge in [0.25, 0.3) is 0 Å². The van der Waals surface area contributed by atoms with Gasteiger partial charge in [0.2, 0.25) is 12.7 Å². The van der Waals surface area contributed by atoms with Gasteiger partial charge >= 0.3 is 6.09 Å². The van der Waals surface area contributed by atoms with Gasteiger partial charge in [-0.05, 0) is 18.1 Å². The van der Waals surface area contributed by atoms with Crippen molar-refractivity contribution >= 4 is 17.7 Å². The Morgan fingerprint density at radius 3 is 2.88 bits per heavy atom. The topological polar surface area (TPSA) is 97.3 Å². The van der Waals surface area contributed by atoms with Gasteiger partial charge in [0.05, 0.1) is 19.3 Å². The quantitative estimate of drug-likeness (QED) is 0.856. The third-order valence-corrected chi connectivity index (χ3v) is 4.00. The summed E-state index contributed by atoms with van der Waals surface area (Å²) in [6.07, 6.45) is -1.16. The molecule has 2 amide bonds. The maximum atomic E-state index is 12.6. The van der Waals surface area contributed by atoms with Crippen LogP contribution in [0.25, 0.3) is 0 Å². The predicted molar refractivity (Wildman–Crippen MR) is 88.5 cm³/mol. The SMILES string of the molecule is CC(C)COC(=O)N1C[C@H](O)C[C@@H]1C(=O)Nc1ccc2c(c1)OCO2. The van der Waals surface area contributed by atoms with Gasteiger partial charge in [-0.2, -0.15) is 0 Å². The second kappa shape index (κ2) is 7.18. The molecule has 25 heavy (non-hydrogen) atoms. The predicted octanol–water partition coefficient (Wildman–Crippen LogP) is 1.58. The number of likely N-dealkylation sites (tertiary alicyclic amines) is 1. The monoisotopic (exact) mass is 350 g/mol. The van der Waals surface area contributed by atoms with Gasteiger partial charge in [0.1, 0.15) is 6.04 Å². The number of anilines is 1. The first-order valence-corrected chi connectivity index (χ1v) is 8.26. The smallest absolute Gasteiger partial charge is 0.410 e. The van der Waals surface area contributed by atoms with E-state index in [1.165, 1.54) is 4.90 Å². The van der Waals surface area contributed by atoms with Crippen LogP contribution in [0.15, 0.2) is 18.2 Å². The largest absolute Gasteiger partial charge is 0.454 e. The van der Waals surface area contributed by atoms with Crippen LogP contribution in [-0.4, -0.2) is 54.1 Å². The fourth-order valence-corrected chi connectivity index (χ4v) is 2.78. The van der Waals surface area contributed by atoms with Crippen molar-refractivity contribution in [3.63, 3.8) is 0 Å².